The van der Waals surface area contributed by atoms with E-state index in [0.717, 1.165) is 31.2 Å². The largest absolute Gasteiger partial charge is 0.507 e. The van der Waals surface area contributed by atoms with E-state index in [1.54, 1.807) is 54.7 Å². The second-order valence-corrected chi connectivity index (χ2v) is 10.9. The van der Waals surface area contributed by atoms with E-state index in [-0.39, 0.29) is 22.6 Å². The van der Waals surface area contributed by atoms with Gasteiger partial charge in [-0.2, -0.15) is 5.26 Å². The fourth-order valence-corrected chi connectivity index (χ4v) is 6.54. The topological polar surface area (TPSA) is 114 Å². The van der Waals surface area contributed by atoms with Crippen molar-refractivity contribution in [2.45, 2.75) is 36.6 Å². The average molecular weight is 498 g/mol. The quantitative estimate of drug-likeness (QED) is 0.363. The summed E-state index contributed by atoms with van der Waals surface area (Å²) in [4.78, 5) is 9.54. The number of imidazole rings is 1. The molecule has 5 aromatic rings. The second kappa shape index (κ2) is 8.50. The molecule has 3 heterocycles. The SMILES string of the molecule is N#C[C@H]1CC[C@H](n2c(-c3ccccc3O)nc3cnc4c(ccn4S(=O)(=O)c4ccccc4)c32)CC1. The number of benzene rings is 2. The molecule has 6 rings (SSSR count). The summed E-state index contributed by atoms with van der Waals surface area (Å²) in [5.74, 6) is 0.757. The van der Waals surface area contributed by atoms with Crippen LogP contribution in [0.4, 0.5) is 0 Å². The van der Waals surface area contributed by atoms with Gasteiger partial charge in [-0.1, -0.05) is 30.3 Å². The Labute approximate surface area is 208 Å². The summed E-state index contributed by atoms with van der Waals surface area (Å²) in [7, 11) is -3.84. The molecule has 2 aromatic carbocycles. The molecule has 8 nitrogen and oxygen atoms in total. The minimum atomic E-state index is -3.84. The molecular weight excluding hydrogens is 474 g/mol. The van der Waals surface area contributed by atoms with Crippen molar-refractivity contribution in [3.63, 3.8) is 0 Å². The Kier molecular flexibility index (Phi) is 5.27. The highest BCUT2D eigenvalue weighted by Gasteiger charge is 2.29. The zero-order valence-electron chi connectivity index (χ0n) is 19.3. The van der Waals surface area contributed by atoms with Crippen molar-refractivity contribution in [2.75, 3.05) is 0 Å². The van der Waals surface area contributed by atoms with Crippen molar-refractivity contribution >= 4 is 32.1 Å². The van der Waals surface area contributed by atoms with Gasteiger partial charge in [-0.15, -0.1) is 0 Å². The molecule has 0 aliphatic heterocycles. The number of phenolic OH excluding ortho intramolecular Hbond substituents is 1. The van der Waals surface area contributed by atoms with Gasteiger partial charge in [0.05, 0.1) is 28.2 Å². The summed E-state index contributed by atoms with van der Waals surface area (Å²) in [6.45, 7) is 0. The molecule has 3 aromatic heterocycles. The van der Waals surface area contributed by atoms with Crippen LogP contribution in [0.15, 0.2) is 78.0 Å². The normalized spacial score (nSPS) is 18.4. The fourth-order valence-electron chi connectivity index (χ4n) is 5.22. The summed E-state index contributed by atoms with van der Waals surface area (Å²) in [6.07, 6.45) is 6.25. The summed E-state index contributed by atoms with van der Waals surface area (Å²) in [5, 5.41) is 20.7. The van der Waals surface area contributed by atoms with Crippen LogP contribution in [0.1, 0.15) is 31.7 Å². The Morgan fingerprint density at radius 2 is 1.69 bits per heavy atom. The number of nitrogens with zero attached hydrogens (tertiary/aromatic N) is 5. The van der Waals surface area contributed by atoms with Gasteiger partial charge in [0.2, 0.25) is 0 Å². The van der Waals surface area contributed by atoms with Crippen molar-refractivity contribution in [3.8, 4) is 23.2 Å². The van der Waals surface area contributed by atoms with Crippen LogP contribution in [0.2, 0.25) is 0 Å². The van der Waals surface area contributed by atoms with Gasteiger partial charge < -0.3 is 9.67 Å². The van der Waals surface area contributed by atoms with Crippen LogP contribution in [-0.4, -0.2) is 32.0 Å². The molecular formula is C27H23N5O3S. The average Bonchev–Trinajstić information content (AvgIpc) is 3.52. The predicted octanol–water partition coefficient (Wildman–Crippen LogP) is 5.25. The van der Waals surface area contributed by atoms with Gasteiger partial charge in [0, 0.05) is 23.5 Å². The zero-order valence-corrected chi connectivity index (χ0v) is 20.1. The first-order chi connectivity index (χ1) is 17.5. The molecule has 1 aliphatic carbocycles. The standard InChI is InChI=1S/C27H23N5O3S/c28-16-18-10-12-19(13-11-18)32-25-22-14-15-31(36(34,35)20-6-2-1-3-7-20)26(22)29-17-23(25)30-27(32)21-8-4-5-9-24(21)33/h1-9,14-15,17-19,33H,10-13H2/t18-,19-. The van der Waals surface area contributed by atoms with Crippen molar-refractivity contribution in [3.05, 3.63) is 73.1 Å². The molecule has 0 amide bonds. The molecule has 0 saturated heterocycles. The smallest absolute Gasteiger partial charge is 0.269 e. The molecule has 0 spiro atoms. The number of pyridine rings is 1. The number of phenols is 1. The van der Waals surface area contributed by atoms with Gasteiger partial charge in [-0.25, -0.2) is 22.4 Å². The third-order valence-corrected chi connectivity index (χ3v) is 8.70. The zero-order chi connectivity index (χ0) is 24.9. The highest BCUT2D eigenvalue weighted by molar-refractivity contribution is 7.90. The van der Waals surface area contributed by atoms with Gasteiger partial charge in [-0.3, -0.25) is 0 Å². The lowest BCUT2D eigenvalue weighted by atomic mass is 9.86. The summed E-state index contributed by atoms with van der Waals surface area (Å²) >= 11 is 0. The van der Waals surface area contributed by atoms with E-state index in [0.29, 0.717) is 27.9 Å². The minimum absolute atomic E-state index is 0.0309. The number of para-hydroxylation sites is 1. The molecule has 1 N–H and O–H groups in total. The number of rotatable bonds is 4. The maximum Gasteiger partial charge on any atom is 0.269 e. The van der Waals surface area contributed by atoms with Crippen LogP contribution in [0.5, 0.6) is 5.75 Å². The van der Waals surface area contributed by atoms with E-state index in [1.807, 2.05) is 12.1 Å². The van der Waals surface area contributed by atoms with Gasteiger partial charge >= 0.3 is 0 Å². The van der Waals surface area contributed by atoms with Crippen molar-refractivity contribution in [1.82, 2.24) is 18.5 Å². The lowest BCUT2D eigenvalue weighted by Crippen LogP contribution is -2.18. The molecule has 0 bridgehead atoms. The highest BCUT2D eigenvalue weighted by Crippen LogP contribution is 2.41. The maximum absolute atomic E-state index is 13.4. The maximum atomic E-state index is 13.4. The van der Waals surface area contributed by atoms with Crippen molar-refractivity contribution < 1.29 is 13.5 Å². The third-order valence-electron chi connectivity index (χ3n) is 7.02. The molecule has 1 aliphatic rings. The van der Waals surface area contributed by atoms with Crippen molar-refractivity contribution in [2.24, 2.45) is 5.92 Å². The highest BCUT2D eigenvalue weighted by atomic mass is 32.2. The van der Waals surface area contributed by atoms with Gasteiger partial charge in [0.15, 0.2) is 5.65 Å². The molecule has 1 saturated carbocycles. The van der Waals surface area contributed by atoms with Gasteiger partial charge in [-0.05, 0) is 56.0 Å². The third kappa shape index (κ3) is 3.45. The van der Waals surface area contributed by atoms with E-state index in [4.69, 9.17) is 4.98 Å². The van der Waals surface area contributed by atoms with Crippen LogP contribution in [0.25, 0.3) is 33.5 Å². The Bertz CT molecular complexity index is 1740. The molecule has 1 fully saturated rings. The lowest BCUT2D eigenvalue weighted by molar-refractivity contribution is 0.320. The molecule has 0 atom stereocenters. The summed E-state index contributed by atoms with van der Waals surface area (Å²) in [6, 6.07) is 19.5. The first kappa shape index (κ1) is 22.3. The second-order valence-electron chi connectivity index (χ2n) is 9.12. The molecule has 180 valence electrons. The van der Waals surface area contributed by atoms with Gasteiger partial charge in [0.1, 0.15) is 17.1 Å². The Hall–Kier alpha value is -4.16. The van der Waals surface area contributed by atoms with E-state index in [2.05, 4.69) is 15.6 Å². The number of fused-ring (bicyclic) bond motifs is 3. The van der Waals surface area contributed by atoms with Crippen LogP contribution in [0.3, 0.4) is 0 Å². The van der Waals surface area contributed by atoms with E-state index in [9.17, 15) is 18.8 Å². The van der Waals surface area contributed by atoms with Crippen LogP contribution >= 0.6 is 0 Å². The molecule has 9 heteroatoms. The Morgan fingerprint density at radius 1 is 0.972 bits per heavy atom. The number of hydrogen-bond donors (Lipinski definition) is 1. The summed E-state index contributed by atoms with van der Waals surface area (Å²) in [5.41, 5.74) is 2.32. The first-order valence-corrected chi connectivity index (χ1v) is 13.3. The molecule has 0 radical (unpaired) electrons. The van der Waals surface area contributed by atoms with E-state index >= 15 is 0 Å². The number of hydrogen-bond acceptors (Lipinski definition) is 6. The Balaban J connectivity index is 1.60. The number of aromatic nitrogens is 4. The monoisotopic (exact) mass is 497 g/mol. The van der Waals surface area contributed by atoms with Crippen LogP contribution < -0.4 is 0 Å². The molecule has 36 heavy (non-hydrogen) atoms. The van der Waals surface area contributed by atoms with Gasteiger partial charge in [0.25, 0.3) is 10.0 Å². The van der Waals surface area contributed by atoms with Crippen LogP contribution in [-0.2, 0) is 10.0 Å². The number of nitriles is 1. The fraction of sp³-hybridized carbons (Fsp3) is 0.222. The van der Waals surface area contributed by atoms with E-state index < -0.39 is 10.0 Å². The predicted molar refractivity (Wildman–Crippen MR) is 136 cm³/mol. The minimum Gasteiger partial charge on any atom is -0.507 e. The lowest BCUT2D eigenvalue weighted by Gasteiger charge is -2.28. The molecule has 0 unspecified atom stereocenters. The van der Waals surface area contributed by atoms with Crippen molar-refractivity contribution in [1.29, 1.82) is 5.26 Å². The number of aromatic hydroxyl groups is 1. The van der Waals surface area contributed by atoms with Crippen LogP contribution in [0, 0.1) is 17.2 Å². The Morgan fingerprint density at radius 3 is 2.42 bits per heavy atom. The first-order valence-electron chi connectivity index (χ1n) is 11.9. The van der Waals surface area contributed by atoms with E-state index in [1.165, 1.54) is 10.2 Å². The summed E-state index contributed by atoms with van der Waals surface area (Å²) < 4.78 is 30.1.